The first kappa shape index (κ1) is 13.6. The van der Waals surface area contributed by atoms with E-state index in [0.717, 1.165) is 34.2 Å². The Labute approximate surface area is 112 Å². The normalized spacial score (nSPS) is 10.2. The third-order valence-corrected chi connectivity index (χ3v) is 3.12. The largest absolute Gasteiger partial charge is 0.325 e. The molecule has 0 spiro atoms. The topological polar surface area (TPSA) is 42.0 Å². The molecular formula is C11H14Br2N2O. The quantitative estimate of drug-likeness (QED) is 0.500. The summed E-state index contributed by atoms with van der Waals surface area (Å²) in [5.41, 5.74) is 1.61. The molecule has 1 N–H and O–H groups in total. The van der Waals surface area contributed by atoms with E-state index in [2.05, 4.69) is 42.2 Å². The highest BCUT2D eigenvalue weighted by Crippen LogP contribution is 2.16. The summed E-state index contributed by atoms with van der Waals surface area (Å²) in [7, 11) is 0. The zero-order valence-corrected chi connectivity index (χ0v) is 12.3. The van der Waals surface area contributed by atoms with Crippen LogP contribution in [-0.4, -0.2) is 16.2 Å². The third kappa shape index (κ3) is 4.61. The zero-order chi connectivity index (χ0) is 12.0. The third-order valence-electron chi connectivity index (χ3n) is 2.11. The van der Waals surface area contributed by atoms with E-state index < -0.39 is 0 Å². The van der Waals surface area contributed by atoms with Crippen molar-refractivity contribution in [1.82, 2.24) is 4.98 Å². The average molecular weight is 350 g/mol. The fraction of sp³-hybridized carbons (Fsp3) is 0.455. The number of amides is 1. The maximum Gasteiger partial charge on any atom is 0.224 e. The molecule has 0 aromatic carbocycles. The van der Waals surface area contributed by atoms with Gasteiger partial charge in [-0.15, -0.1) is 0 Å². The second kappa shape index (κ2) is 7.01. The lowest BCUT2D eigenvalue weighted by atomic mass is 10.2. The number of aromatic nitrogens is 1. The van der Waals surface area contributed by atoms with Gasteiger partial charge in [0.05, 0.1) is 11.4 Å². The van der Waals surface area contributed by atoms with Crippen molar-refractivity contribution in [2.75, 3.05) is 10.6 Å². The number of nitrogens with one attached hydrogen (secondary N) is 1. The van der Waals surface area contributed by atoms with Crippen LogP contribution in [0, 0.1) is 6.92 Å². The van der Waals surface area contributed by atoms with E-state index >= 15 is 0 Å². The van der Waals surface area contributed by atoms with Gasteiger partial charge in [-0.3, -0.25) is 4.79 Å². The number of carbonyl (C=O) groups excluding carboxylic acids is 1. The summed E-state index contributed by atoms with van der Waals surface area (Å²) in [6, 6.07) is 3.68. The van der Waals surface area contributed by atoms with Crippen molar-refractivity contribution in [1.29, 1.82) is 0 Å². The van der Waals surface area contributed by atoms with Crippen molar-refractivity contribution < 1.29 is 4.79 Å². The minimum atomic E-state index is 0.0492. The predicted molar refractivity (Wildman–Crippen MR) is 72.9 cm³/mol. The average Bonchev–Trinajstić information content (AvgIpc) is 2.23. The zero-order valence-electron chi connectivity index (χ0n) is 9.09. The van der Waals surface area contributed by atoms with Crippen molar-refractivity contribution in [2.45, 2.75) is 26.2 Å². The van der Waals surface area contributed by atoms with E-state index in [0.29, 0.717) is 6.42 Å². The first-order valence-corrected chi connectivity index (χ1v) is 7.04. The molecular weight excluding hydrogens is 336 g/mol. The van der Waals surface area contributed by atoms with E-state index in [1.54, 1.807) is 0 Å². The van der Waals surface area contributed by atoms with Crippen molar-refractivity contribution in [2.24, 2.45) is 0 Å². The highest BCUT2D eigenvalue weighted by Gasteiger charge is 2.05. The molecule has 5 heteroatoms. The lowest BCUT2D eigenvalue weighted by Crippen LogP contribution is -2.12. The van der Waals surface area contributed by atoms with Gasteiger partial charge in [0, 0.05) is 11.8 Å². The van der Waals surface area contributed by atoms with Crippen molar-refractivity contribution in [3.8, 4) is 0 Å². The Balaban J connectivity index is 2.49. The van der Waals surface area contributed by atoms with Gasteiger partial charge >= 0.3 is 0 Å². The van der Waals surface area contributed by atoms with Crippen molar-refractivity contribution in [3.05, 3.63) is 22.4 Å². The highest BCUT2D eigenvalue weighted by molar-refractivity contribution is 9.10. The van der Waals surface area contributed by atoms with Crippen LogP contribution in [0.4, 0.5) is 5.69 Å². The number of nitrogens with zero attached hydrogens (tertiary/aromatic N) is 1. The summed E-state index contributed by atoms with van der Waals surface area (Å²) in [6.45, 7) is 1.87. The molecule has 0 bridgehead atoms. The Morgan fingerprint density at radius 3 is 2.81 bits per heavy atom. The maximum absolute atomic E-state index is 11.6. The fourth-order valence-corrected chi connectivity index (χ4v) is 2.05. The summed E-state index contributed by atoms with van der Waals surface area (Å²) in [5.74, 6) is 0.0492. The monoisotopic (exact) mass is 348 g/mol. The van der Waals surface area contributed by atoms with Crippen LogP contribution in [0.3, 0.4) is 0 Å². The standard InChI is InChI=1S/C11H14Br2N2O/c1-8-9(5-6-10(13)14-8)15-11(16)4-2-3-7-12/h5-6H,2-4,7H2,1H3,(H,15,16). The van der Waals surface area contributed by atoms with Crippen molar-refractivity contribution >= 4 is 43.5 Å². The lowest BCUT2D eigenvalue weighted by molar-refractivity contribution is -0.116. The Kier molecular flexibility index (Phi) is 5.98. The van der Waals surface area contributed by atoms with Gasteiger partial charge in [-0.05, 0) is 47.8 Å². The molecule has 1 amide bonds. The molecule has 1 aromatic heterocycles. The van der Waals surface area contributed by atoms with Crippen LogP contribution in [0.2, 0.25) is 0 Å². The molecule has 3 nitrogen and oxygen atoms in total. The fourth-order valence-electron chi connectivity index (χ4n) is 1.26. The number of carbonyl (C=O) groups is 1. The van der Waals surface area contributed by atoms with Crippen LogP contribution >= 0.6 is 31.9 Å². The molecule has 0 atom stereocenters. The van der Waals surface area contributed by atoms with Crippen LogP contribution in [0.5, 0.6) is 0 Å². The van der Waals surface area contributed by atoms with Crippen molar-refractivity contribution in [3.63, 3.8) is 0 Å². The summed E-state index contributed by atoms with van der Waals surface area (Å²) >= 11 is 6.62. The molecule has 16 heavy (non-hydrogen) atoms. The van der Waals surface area contributed by atoms with Crippen LogP contribution in [0.25, 0.3) is 0 Å². The molecule has 1 rings (SSSR count). The summed E-state index contributed by atoms with van der Waals surface area (Å²) < 4.78 is 0.780. The van der Waals surface area contributed by atoms with Crippen LogP contribution in [0.15, 0.2) is 16.7 Å². The molecule has 1 aromatic rings. The number of hydrogen-bond acceptors (Lipinski definition) is 2. The molecule has 88 valence electrons. The lowest BCUT2D eigenvalue weighted by Gasteiger charge is -2.07. The minimum absolute atomic E-state index is 0.0492. The number of pyridine rings is 1. The van der Waals surface area contributed by atoms with E-state index in [-0.39, 0.29) is 5.91 Å². The summed E-state index contributed by atoms with van der Waals surface area (Å²) in [6.07, 6.45) is 2.48. The molecule has 0 saturated heterocycles. The van der Waals surface area contributed by atoms with E-state index in [9.17, 15) is 4.79 Å². The number of hydrogen-bond donors (Lipinski definition) is 1. The molecule has 0 aliphatic heterocycles. The Morgan fingerprint density at radius 1 is 1.44 bits per heavy atom. The van der Waals surface area contributed by atoms with Crippen LogP contribution < -0.4 is 5.32 Å². The van der Waals surface area contributed by atoms with Gasteiger partial charge in [0.2, 0.25) is 5.91 Å². The van der Waals surface area contributed by atoms with Gasteiger partial charge in [-0.1, -0.05) is 15.9 Å². The van der Waals surface area contributed by atoms with E-state index in [4.69, 9.17) is 0 Å². The smallest absolute Gasteiger partial charge is 0.224 e. The molecule has 0 radical (unpaired) electrons. The Hall–Kier alpha value is -0.420. The summed E-state index contributed by atoms with van der Waals surface area (Å²) in [4.78, 5) is 15.8. The SMILES string of the molecule is Cc1nc(Br)ccc1NC(=O)CCCCBr. The summed E-state index contributed by atoms with van der Waals surface area (Å²) in [5, 5.41) is 3.80. The van der Waals surface area contributed by atoms with Gasteiger partial charge in [0.15, 0.2) is 0 Å². The Bertz CT molecular complexity index is 369. The van der Waals surface area contributed by atoms with E-state index in [1.165, 1.54) is 0 Å². The predicted octanol–water partition coefficient (Wildman–Crippen LogP) is 3.66. The van der Waals surface area contributed by atoms with E-state index in [1.807, 2.05) is 19.1 Å². The second-order valence-electron chi connectivity index (χ2n) is 3.46. The number of unbranched alkanes of at least 4 members (excludes halogenated alkanes) is 1. The van der Waals surface area contributed by atoms with Crippen LogP contribution in [-0.2, 0) is 4.79 Å². The minimum Gasteiger partial charge on any atom is -0.325 e. The first-order chi connectivity index (χ1) is 7.63. The van der Waals surface area contributed by atoms with Gasteiger partial charge in [0.25, 0.3) is 0 Å². The number of rotatable bonds is 5. The maximum atomic E-state index is 11.6. The Morgan fingerprint density at radius 2 is 2.19 bits per heavy atom. The molecule has 0 aliphatic rings. The number of alkyl halides is 1. The van der Waals surface area contributed by atoms with Crippen LogP contribution in [0.1, 0.15) is 25.0 Å². The number of anilines is 1. The molecule has 0 unspecified atom stereocenters. The first-order valence-electron chi connectivity index (χ1n) is 5.12. The van der Waals surface area contributed by atoms with Gasteiger partial charge in [-0.25, -0.2) is 4.98 Å². The number of aryl methyl sites for hydroxylation is 1. The highest BCUT2D eigenvalue weighted by atomic mass is 79.9. The molecule has 0 fully saturated rings. The molecule has 0 saturated carbocycles. The van der Waals surface area contributed by atoms with Gasteiger partial charge in [0.1, 0.15) is 4.60 Å². The number of halogens is 2. The molecule has 1 heterocycles. The molecule has 0 aliphatic carbocycles. The van der Waals surface area contributed by atoms with Gasteiger partial charge < -0.3 is 5.32 Å². The second-order valence-corrected chi connectivity index (χ2v) is 5.07. The van der Waals surface area contributed by atoms with Gasteiger partial charge in [-0.2, -0.15) is 0 Å².